The summed E-state index contributed by atoms with van der Waals surface area (Å²) in [5.74, 6) is 0.951. The lowest BCUT2D eigenvalue weighted by Gasteiger charge is -2.07. The second kappa shape index (κ2) is 9.52. The van der Waals surface area contributed by atoms with Crippen molar-refractivity contribution in [2.45, 2.75) is 32.5 Å². The molecule has 10 heteroatoms. The van der Waals surface area contributed by atoms with Crippen LogP contribution < -0.4 is 5.32 Å². The van der Waals surface area contributed by atoms with Gasteiger partial charge in [-0.1, -0.05) is 35.5 Å². The topological polar surface area (TPSA) is 72.7 Å². The Balaban J connectivity index is 1.40. The fraction of sp³-hybridized carbons (Fsp3) is 0.238. The molecule has 0 aliphatic heterocycles. The van der Waals surface area contributed by atoms with Crippen molar-refractivity contribution in [1.82, 2.24) is 19.7 Å². The summed E-state index contributed by atoms with van der Waals surface area (Å²) in [5.41, 5.74) is 4.09. The zero-order valence-corrected chi connectivity index (χ0v) is 20.4. The molecule has 1 aromatic carbocycles. The van der Waals surface area contributed by atoms with Crippen molar-refractivity contribution in [1.29, 1.82) is 0 Å². The number of aryl methyl sites for hydroxylation is 1. The fourth-order valence-electron chi connectivity index (χ4n) is 2.98. The van der Waals surface area contributed by atoms with Crippen molar-refractivity contribution in [3.8, 4) is 22.6 Å². The van der Waals surface area contributed by atoms with E-state index in [1.165, 1.54) is 33.5 Å². The van der Waals surface area contributed by atoms with Crippen LogP contribution in [0.5, 0.6) is 0 Å². The Bertz CT molecular complexity index is 1210. The van der Waals surface area contributed by atoms with Gasteiger partial charge in [-0.2, -0.15) is 0 Å². The van der Waals surface area contributed by atoms with E-state index in [1.54, 1.807) is 11.3 Å². The number of anilines is 1. The van der Waals surface area contributed by atoms with E-state index < -0.39 is 0 Å². The summed E-state index contributed by atoms with van der Waals surface area (Å²) >= 11 is 10.4. The van der Waals surface area contributed by atoms with Gasteiger partial charge in [-0.05, 0) is 38.5 Å². The van der Waals surface area contributed by atoms with Gasteiger partial charge in [-0.25, -0.2) is 4.98 Å². The third-order valence-electron chi connectivity index (χ3n) is 4.78. The molecule has 0 saturated heterocycles. The predicted molar refractivity (Wildman–Crippen MR) is 130 cm³/mol. The number of hydrogen-bond acceptors (Lipinski definition) is 7. The summed E-state index contributed by atoms with van der Waals surface area (Å²) in [6.07, 6.45) is 0. The van der Waals surface area contributed by atoms with E-state index in [0.717, 1.165) is 34.3 Å². The third kappa shape index (κ3) is 4.85. The van der Waals surface area contributed by atoms with Gasteiger partial charge in [0.05, 0.1) is 11.4 Å². The van der Waals surface area contributed by atoms with Gasteiger partial charge >= 0.3 is 0 Å². The Morgan fingerprint density at radius 2 is 1.94 bits per heavy atom. The SMILES string of the molecule is CCn1c(SCC(=O)Nc2nc(-c3ccc(Cl)cc3)cs2)nnc1-c1csc(C)c1C. The number of carbonyl (C=O) groups excluding carboxylic acids is 1. The van der Waals surface area contributed by atoms with E-state index in [1.807, 2.05) is 29.6 Å². The summed E-state index contributed by atoms with van der Waals surface area (Å²) in [6, 6.07) is 7.46. The van der Waals surface area contributed by atoms with Crippen LogP contribution in [0.15, 0.2) is 40.2 Å². The third-order valence-corrected chi connectivity index (χ3v) is 7.77. The maximum Gasteiger partial charge on any atom is 0.236 e. The molecule has 0 saturated carbocycles. The molecule has 0 unspecified atom stereocenters. The van der Waals surface area contributed by atoms with Crippen LogP contribution in [0, 0.1) is 13.8 Å². The fourth-order valence-corrected chi connectivity index (χ4v) is 5.51. The average molecular weight is 490 g/mol. The molecule has 0 fully saturated rings. The number of hydrogen-bond donors (Lipinski definition) is 1. The largest absolute Gasteiger partial charge is 0.302 e. The van der Waals surface area contributed by atoms with Gasteiger partial charge in [0.25, 0.3) is 0 Å². The summed E-state index contributed by atoms with van der Waals surface area (Å²) in [6.45, 7) is 6.99. The smallest absolute Gasteiger partial charge is 0.236 e. The Morgan fingerprint density at radius 3 is 2.61 bits per heavy atom. The van der Waals surface area contributed by atoms with E-state index >= 15 is 0 Å². The number of nitrogens with one attached hydrogen (secondary N) is 1. The highest BCUT2D eigenvalue weighted by Crippen LogP contribution is 2.32. The highest BCUT2D eigenvalue weighted by atomic mass is 35.5. The number of halogens is 1. The molecule has 31 heavy (non-hydrogen) atoms. The Morgan fingerprint density at radius 1 is 1.16 bits per heavy atom. The lowest BCUT2D eigenvalue weighted by atomic mass is 10.1. The number of nitrogens with zero attached hydrogens (tertiary/aromatic N) is 4. The van der Waals surface area contributed by atoms with E-state index in [2.05, 4.69) is 51.2 Å². The molecule has 3 aromatic heterocycles. The van der Waals surface area contributed by atoms with Gasteiger partial charge < -0.3 is 9.88 Å². The minimum Gasteiger partial charge on any atom is -0.302 e. The molecule has 4 rings (SSSR count). The average Bonchev–Trinajstić information content (AvgIpc) is 3.47. The zero-order chi connectivity index (χ0) is 22.0. The van der Waals surface area contributed by atoms with Crippen LogP contribution in [0.1, 0.15) is 17.4 Å². The highest BCUT2D eigenvalue weighted by molar-refractivity contribution is 7.99. The van der Waals surface area contributed by atoms with Gasteiger partial charge in [0.1, 0.15) is 0 Å². The Kier molecular flexibility index (Phi) is 6.76. The minimum absolute atomic E-state index is 0.128. The summed E-state index contributed by atoms with van der Waals surface area (Å²) in [5, 5.41) is 17.6. The number of rotatable bonds is 7. The second-order valence-electron chi connectivity index (χ2n) is 6.76. The van der Waals surface area contributed by atoms with Crippen LogP contribution in [-0.2, 0) is 11.3 Å². The molecule has 0 aliphatic carbocycles. The highest BCUT2D eigenvalue weighted by Gasteiger charge is 2.18. The molecule has 4 aromatic rings. The number of thioether (sulfide) groups is 1. The summed E-state index contributed by atoms with van der Waals surface area (Å²) < 4.78 is 2.05. The van der Waals surface area contributed by atoms with Crippen LogP contribution in [0.2, 0.25) is 5.02 Å². The van der Waals surface area contributed by atoms with Crippen molar-refractivity contribution in [2.75, 3.05) is 11.1 Å². The van der Waals surface area contributed by atoms with E-state index in [0.29, 0.717) is 10.2 Å². The molecule has 1 amide bonds. The molecule has 3 heterocycles. The minimum atomic E-state index is -0.128. The molecule has 160 valence electrons. The molecule has 0 spiro atoms. The number of benzene rings is 1. The zero-order valence-electron chi connectivity index (χ0n) is 17.2. The van der Waals surface area contributed by atoms with Crippen molar-refractivity contribution in [2.24, 2.45) is 0 Å². The number of amides is 1. The Labute approximate surface area is 197 Å². The first-order chi connectivity index (χ1) is 15.0. The van der Waals surface area contributed by atoms with Crippen molar-refractivity contribution >= 4 is 57.1 Å². The first kappa shape index (κ1) is 22.0. The molecular weight excluding hydrogens is 470 g/mol. The molecular formula is C21H20ClN5OS3. The van der Waals surface area contributed by atoms with Crippen molar-refractivity contribution < 1.29 is 4.79 Å². The van der Waals surface area contributed by atoms with E-state index in [9.17, 15) is 4.79 Å². The van der Waals surface area contributed by atoms with E-state index in [4.69, 9.17) is 11.6 Å². The first-order valence-electron chi connectivity index (χ1n) is 9.58. The van der Waals surface area contributed by atoms with Crippen LogP contribution in [0.4, 0.5) is 5.13 Å². The van der Waals surface area contributed by atoms with E-state index in [-0.39, 0.29) is 11.7 Å². The number of thiazole rings is 1. The van der Waals surface area contributed by atoms with Gasteiger partial charge in [0.2, 0.25) is 5.91 Å². The number of carbonyl (C=O) groups is 1. The maximum atomic E-state index is 12.5. The maximum absolute atomic E-state index is 12.5. The van der Waals surface area contributed by atoms with Crippen molar-refractivity contribution in [3.63, 3.8) is 0 Å². The van der Waals surface area contributed by atoms with Crippen LogP contribution >= 0.6 is 46.0 Å². The van der Waals surface area contributed by atoms with Crippen LogP contribution in [0.25, 0.3) is 22.6 Å². The molecule has 0 bridgehead atoms. The normalized spacial score (nSPS) is 11.1. The standard InChI is InChI=1S/C21H20ClN5OS3/c1-4-27-19(16-9-29-13(3)12(16)2)25-26-21(27)31-11-18(28)24-20-23-17(10-30-20)14-5-7-15(22)8-6-14/h5-10H,4,11H2,1-3H3,(H,23,24,28). The first-order valence-corrected chi connectivity index (χ1v) is 12.7. The number of aromatic nitrogens is 4. The van der Waals surface area contributed by atoms with Crippen LogP contribution in [-0.4, -0.2) is 31.4 Å². The number of thiophene rings is 1. The Hall–Kier alpha value is -2.20. The predicted octanol–water partition coefficient (Wildman–Crippen LogP) is 6.15. The van der Waals surface area contributed by atoms with Gasteiger partial charge in [0.15, 0.2) is 16.1 Å². The van der Waals surface area contributed by atoms with Crippen LogP contribution in [0.3, 0.4) is 0 Å². The molecule has 6 nitrogen and oxygen atoms in total. The lowest BCUT2D eigenvalue weighted by molar-refractivity contribution is -0.113. The van der Waals surface area contributed by atoms with Gasteiger partial charge in [-0.3, -0.25) is 4.79 Å². The summed E-state index contributed by atoms with van der Waals surface area (Å²) in [4.78, 5) is 18.2. The summed E-state index contributed by atoms with van der Waals surface area (Å²) in [7, 11) is 0. The molecule has 0 aliphatic rings. The molecule has 0 atom stereocenters. The molecule has 0 radical (unpaired) electrons. The lowest BCUT2D eigenvalue weighted by Crippen LogP contribution is -2.14. The van der Waals surface area contributed by atoms with Crippen molar-refractivity contribution in [3.05, 3.63) is 50.5 Å². The monoisotopic (exact) mass is 489 g/mol. The molecule has 1 N–H and O–H groups in total. The second-order valence-corrected chi connectivity index (χ2v) is 10.1. The van der Waals surface area contributed by atoms with Gasteiger partial charge in [-0.15, -0.1) is 32.9 Å². The van der Waals surface area contributed by atoms with Gasteiger partial charge in [0, 0.05) is 38.3 Å². The quantitative estimate of drug-likeness (QED) is 0.315.